The van der Waals surface area contributed by atoms with Crippen molar-refractivity contribution < 1.29 is 9.21 Å². The summed E-state index contributed by atoms with van der Waals surface area (Å²) < 4.78 is 5.66. The van der Waals surface area contributed by atoms with Crippen molar-refractivity contribution in [1.29, 1.82) is 5.26 Å². The summed E-state index contributed by atoms with van der Waals surface area (Å²) in [7, 11) is 0. The summed E-state index contributed by atoms with van der Waals surface area (Å²) in [6.07, 6.45) is 1.55. The van der Waals surface area contributed by atoms with Gasteiger partial charge in [0, 0.05) is 22.2 Å². The maximum atomic E-state index is 13.3. The number of hydrogen-bond donors (Lipinski definition) is 2. The number of nitrogens with zero attached hydrogens (tertiary/aromatic N) is 1. The summed E-state index contributed by atoms with van der Waals surface area (Å²) in [4.78, 5) is 13.3. The van der Waals surface area contributed by atoms with Crippen molar-refractivity contribution in [3.8, 4) is 6.07 Å². The lowest BCUT2D eigenvalue weighted by atomic mass is 9.85. The Bertz CT molecular complexity index is 1210. The molecule has 4 rings (SSSR count). The second-order valence-electron chi connectivity index (χ2n) is 7.20. The molecule has 1 aromatic heterocycles. The summed E-state index contributed by atoms with van der Waals surface area (Å²) in [5.41, 5.74) is 3.34. The molecule has 5 nitrogen and oxygen atoms in total. The van der Waals surface area contributed by atoms with Crippen LogP contribution in [0.25, 0.3) is 0 Å². The Labute approximate surface area is 195 Å². The van der Waals surface area contributed by atoms with E-state index in [1.54, 1.807) is 18.4 Å². The second-order valence-corrected chi connectivity index (χ2v) is 8.62. The Hall–Kier alpha value is -3.40. The number of nitriles is 1. The topological polar surface area (TPSA) is 78.1 Å². The highest BCUT2D eigenvalue weighted by molar-refractivity contribution is 8.02. The Morgan fingerprint density at radius 1 is 1.16 bits per heavy atom. The number of nitrogens with one attached hydrogen (secondary N) is 2. The van der Waals surface area contributed by atoms with Gasteiger partial charge < -0.3 is 15.1 Å². The number of anilines is 1. The maximum Gasteiger partial charge on any atom is 0.254 e. The number of dihydropyridines is 1. The van der Waals surface area contributed by atoms with Crippen LogP contribution in [0, 0.1) is 11.3 Å². The van der Waals surface area contributed by atoms with Crippen LogP contribution in [-0.4, -0.2) is 5.91 Å². The van der Waals surface area contributed by atoms with Crippen molar-refractivity contribution in [2.75, 3.05) is 5.32 Å². The van der Waals surface area contributed by atoms with Crippen LogP contribution in [0.5, 0.6) is 0 Å². The summed E-state index contributed by atoms with van der Waals surface area (Å²) in [6, 6.07) is 22.7. The molecule has 0 spiro atoms. The van der Waals surface area contributed by atoms with Crippen LogP contribution in [0.15, 0.2) is 99.3 Å². The summed E-state index contributed by atoms with van der Waals surface area (Å²) in [5.74, 6) is 0.309. The molecule has 2 aromatic carbocycles. The number of benzene rings is 2. The van der Waals surface area contributed by atoms with E-state index in [-0.39, 0.29) is 5.91 Å². The molecule has 7 heteroatoms. The monoisotopic (exact) mass is 461 g/mol. The molecule has 32 heavy (non-hydrogen) atoms. The molecule has 1 unspecified atom stereocenters. The molecule has 1 aliphatic heterocycles. The van der Waals surface area contributed by atoms with E-state index in [4.69, 9.17) is 16.0 Å². The zero-order valence-electron chi connectivity index (χ0n) is 17.3. The lowest BCUT2D eigenvalue weighted by Gasteiger charge is -2.28. The van der Waals surface area contributed by atoms with Gasteiger partial charge in [-0.3, -0.25) is 4.79 Å². The predicted octanol–water partition coefficient (Wildman–Crippen LogP) is 6.20. The summed E-state index contributed by atoms with van der Waals surface area (Å²) >= 11 is 7.49. The van der Waals surface area contributed by atoms with Crippen molar-refractivity contribution in [2.45, 2.75) is 18.6 Å². The van der Waals surface area contributed by atoms with Gasteiger partial charge in [-0.05, 0) is 48.9 Å². The van der Waals surface area contributed by atoms with Crippen molar-refractivity contribution in [3.05, 3.63) is 111 Å². The third-order valence-corrected chi connectivity index (χ3v) is 6.39. The lowest BCUT2D eigenvalue weighted by Crippen LogP contribution is -2.30. The van der Waals surface area contributed by atoms with Crippen LogP contribution in [0.3, 0.4) is 0 Å². The fraction of sp³-hybridized carbons (Fsp3) is 0.120. The van der Waals surface area contributed by atoms with Gasteiger partial charge >= 0.3 is 0 Å². The molecular formula is C25H20ClN3O2S. The van der Waals surface area contributed by atoms with Gasteiger partial charge in [0.25, 0.3) is 5.91 Å². The number of amides is 1. The van der Waals surface area contributed by atoms with E-state index in [9.17, 15) is 10.1 Å². The minimum absolute atomic E-state index is 0.280. The number of thioether (sulfide) groups is 1. The number of para-hydroxylation sites is 1. The van der Waals surface area contributed by atoms with E-state index in [2.05, 4.69) is 16.7 Å². The first-order chi connectivity index (χ1) is 15.6. The van der Waals surface area contributed by atoms with Crippen LogP contribution in [-0.2, 0) is 10.5 Å². The molecule has 2 N–H and O–H groups in total. The van der Waals surface area contributed by atoms with E-state index in [1.165, 1.54) is 11.8 Å². The largest absolute Gasteiger partial charge is 0.468 e. The zero-order valence-corrected chi connectivity index (χ0v) is 18.8. The van der Waals surface area contributed by atoms with Gasteiger partial charge in [0.1, 0.15) is 5.76 Å². The number of carbonyl (C=O) groups excluding carboxylic acids is 1. The van der Waals surface area contributed by atoms with Gasteiger partial charge in [-0.15, -0.1) is 11.8 Å². The third kappa shape index (κ3) is 4.75. The fourth-order valence-corrected chi connectivity index (χ4v) is 4.70. The molecule has 1 atom stereocenters. The van der Waals surface area contributed by atoms with Crippen LogP contribution in [0.2, 0.25) is 5.02 Å². The first-order valence-electron chi connectivity index (χ1n) is 9.96. The normalized spacial score (nSPS) is 15.8. The Kier molecular flexibility index (Phi) is 6.69. The Morgan fingerprint density at radius 2 is 1.91 bits per heavy atom. The van der Waals surface area contributed by atoms with Gasteiger partial charge in [0.05, 0.1) is 34.4 Å². The van der Waals surface area contributed by atoms with E-state index < -0.39 is 5.92 Å². The molecule has 1 amide bonds. The number of hydrogen-bond acceptors (Lipinski definition) is 5. The van der Waals surface area contributed by atoms with Gasteiger partial charge in [-0.25, -0.2) is 0 Å². The molecule has 1 aliphatic rings. The Morgan fingerprint density at radius 3 is 2.56 bits per heavy atom. The highest BCUT2D eigenvalue weighted by Crippen LogP contribution is 2.41. The van der Waals surface area contributed by atoms with Crippen molar-refractivity contribution >= 4 is 35.0 Å². The molecule has 0 fully saturated rings. The molecule has 160 valence electrons. The van der Waals surface area contributed by atoms with E-state index in [0.29, 0.717) is 44.1 Å². The average Bonchev–Trinajstić information content (AvgIpc) is 3.33. The minimum Gasteiger partial charge on any atom is -0.468 e. The van der Waals surface area contributed by atoms with Gasteiger partial charge in [-0.2, -0.15) is 5.26 Å². The molecule has 0 saturated heterocycles. The lowest BCUT2D eigenvalue weighted by molar-refractivity contribution is -0.113. The first-order valence-corrected chi connectivity index (χ1v) is 11.3. The number of carbonyl (C=O) groups is 1. The molecule has 0 bridgehead atoms. The third-order valence-electron chi connectivity index (χ3n) is 5.05. The number of furan rings is 1. The fourth-order valence-electron chi connectivity index (χ4n) is 3.52. The molecule has 3 aromatic rings. The zero-order chi connectivity index (χ0) is 22.5. The van der Waals surface area contributed by atoms with E-state index >= 15 is 0 Å². The van der Waals surface area contributed by atoms with Crippen LogP contribution < -0.4 is 10.6 Å². The summed E-state index contributed by atoms with van der Waals surface area (Å²) in [5, 5.41) is 17.7. The summed E-state index contributed by atoms with van der Waals surface area (Å²) in [6.45, 7) is 1.84. The van der Waals surface area contributed by atoms with Gasteiger partial charge in [0.2, 0.25) is 0 Å². The molecule has 2 heterocycles. The minimum atomic E-state index is -0.604. The molecular weight excluding hydrogens is 442 g/mol. The highest BCUT2D eigenvalue weighted by atomic mass is 35.5. The SMILES string of the molecule is CC1=C(C(=O)Nc2ccccc2)C(c2ccco2)C(C#N)=C(SCc2ccc(Cl)cc2)N1. The highest BCUT2D eigenvalue weighted by Gasteiger charge is 2.36. The van der Waals surface area contributed by atoms with Crippen LogP contribution >= 0.6 is 23.4 Å². The molecule has 0 aliphatic carbocycles. The molecule has 0 saturated carbocycles. The van der Waals surface area contributed by atoms with E-state index in [1.807, 2.05) is 61.5 Å². The smallest absolute Gasteiger partial charge is 0.254 e. The average molecular weight is 462 g/mol. The molecule has 0 radical (unpaired) electrons. The van der Waals surface area contributed by atoms with Crippen molar-refractivity contribution in [1.82, 2.24) is 5.32 Å². The Balaban J connectivity index is 1.66. The van der Waals surface area contributed by atoms with E-state index in [0.717, 1.165) is 5.56 Å². The standard InChI is InChI=1S/C25H20ClN3O2S/c1-16-22(24(30)29-19-6-3-2-4-7-19)23(21-8-5-13-31-21)20(14-27)25(28-16)32-15-17-9-11-18(26)12-10-17/h2-13,23,28H,15H2,1H3,(H,29,30). The van der Waals surface area contributed by atoms with Gasteiger partial charge in [-0.1, -0.05) is 41.9 Å². The number of allylic oxidation sites excluding steroid dienone is 2. The van der Waals surface area contributed by atoms with Crippen LogP contribution in [0.1, 0.15) is 24.2 Å². The first kappa shape index (κ1) is 21.8. The van der Waals surface area contributed by atoms with Crippen molar-refractivity contribution in [3.63, 3.8) is 0 Å². The number of halogens is 1. The van der Waals surface area contributed by atoms with Gasteiger partial charge in [0.15, 0.2) is 0 Å². The van der Waals surface area contributed by atoms with Crippen LogP contribution in [0.4, 0.5) is 5.69 Å². The predicted molar refractivity (Wildman–Crippen MR) is 128 cm³/mol. The van der Waals surface area contributed by atoms with Crippen molar-refractivity contribution in [2.24, 2.45) is 0 Å². The quantitative estimate of drug-likeness (QED) is 0.456. The maximum absolute atomic E-state index is 13.3. The second kappa shape index (κ2) is 9.82. The number of rotatable bonds is 6.